The fourth-order valence-electron chi connectivity index (χ4n) is 2.32. The van der Waals surface area contributed by atoms with E-state index in [9.17, 15) is 4.79 Å². The molecule has 3 aromatic rings. The van der Waals surface area contributed by atoms with Gasteiger partial charge in [-0.05, 0) is 42.3 Å². The van der Waals surface area contributed by atoms with Crippen molar-refractivity contribution in [1.82, 2.24) is 9.55 Å². The summed E-state index contributed by atoms with van der Waals surface area (Å²) >= 11 is 0. The highest BCUT2D eigenvalue weighted by molar-refractivity contribution is 5.90. The molecule has 0 atom stereocenters. The van der Waals surface area contributed by atoms with E-state index in [0.717, 1.165) is 28.0 Å². The van der Waals surface area contributed by atoms with E-state index in [1.165, 1.54) is 0 Å². The molecule has 0 amide bonds. The van der Waals surface area contributed by atoms with Gasteiger partial charge >= 0.3 is 5.97 Å². The van der Waals surface area contributed by atoms with Crippen molar-refractivity contribution in [2.75, 3.05) is 0 Å². The highest BCUT2D eigenvalue weighted by atomic mass is 16.4. The molecule has 4 nitrogen and oxygen atoms in total. The van der Waals surface area contributed by atoms with Crippen LogP contribution in [0.25, 0.3) is 22.2 Å². The van der Waals surface area contributed by atoms with Crippen molar-refractivity contribution in [2.45, 2.75) is 6.92 Å². The Kier molecular flexibility index (Phi) is 2.79. The summed E-state index contributed by atoms with van der Waals surface area (Å²) in [7, 11) is 1.97. The number of aromatic carboxylic acids is 1. The average Bonchev–Trinajstić information content (AvgIpc) is 2.74. The SMILES string of the molecule is Cc1nc2ccc(-c3cccc(C(=O)O)c3)cc2n1C. The first-order valence-corrected chi connectivity index (χ1v) is 6.33. The van der Waals surface area contributed by atoms with Crippen LogP contribution in [0.15, 0.2) is 42.5 Å². The van der Waals surface area contributed by atoms with E-state index in [-0.39, 0.29) is 0 Å². The molecule has 20 heavy (non-hydrogen) atoms. The molecular formula is C16H14N2O2. The quantitative estimate of drug-likeness (QED) is 0.774. The number of carboxylic acids is 1. The summed E-state index contributed by atoms with van der Waals surface area (Å²) in [4.78, 5) is 15.5. The molecule has 0 saturated heterocycles. The Balaban J connectivity index is 2.16. The first-order valence-electron chi connectivity index (χ1n) is 6.33. The number of rotatable bonds is 2. The van der Waals surface area contributed by atoms with Crippen molar-refractivity contribution < 1.29 is 9.90 Å². The van der Waals surface area contributed by atoms with Crippen LogP contribution in [0.4, 0.5) is 0 Å². The average molecular weight is 266 g/mol. The molecule has 0 bridgehead atoms. The summed E-state index contributed by atoms with van der Waals surface area (Å²) in [6.07, 6.45) is 0. The van der Waals surface area contributed by atoms with Gasteiger partial charge < -0.3 is 9.67 Å². The van der Waals surface area contributed by atoms with E-state index in [1.54, 1.807) is 18.2 Å². The molecule has 0 aliphatic carbocycles. The molecule has 0 saturated carbocycles. The first kappa shape index (κ1) is 12.4. The van der Waals surface area contributed by atoms with Crippen molar-refractivity contribution >= 4 is 17.0 Å². The molecule has 2 aromatic carbocycles. The highest BCUT2D eigenvalue weighted by Crippen LogP contribution is 2.25. The van der Waals surface area contributed by atoms with E-state index >= 15 is 0 Å². The minimum absolute atomic E-state index is 0.295. The molecule has 4 heteroatoms. The Morgan fingerprint density at radius 2 is 1.90 bits per heavy atom. The normalized spacial score (nSPS) is 10.9. The fourth-order valence-corrected chi connectivity index (χ4v) is 2.32. The van der Waals surface area contributed by atoms with Crippen molar-refractivity contribution in [3.63, 3.8) is 0 Å². The summed E-state index contributed by atoms with van der Waals surface area (Å²) < 4.78 is 2.03. The van der Waals surface area contributed by atoms with E-state index in [1.807, 2.05) is 42.8 Å². The Hall–Kier alpha value is -2.62. The topological polar surface area (TPSA) is 55.1 Å². The van der Waals surface area contributed by atoms with Crippen LogP contribution in [-0.2, 0) is 7.05 Å². The van der Waals surface area contributed by atoms with Crippen LogP contribution >= 0.6 is 0 Å². The number of carbonyl (C=O) groups is 1. The van der Waals surface area contributed by atoms with Crippen molar-refractivity contribution in [3.05, 3.63) is 53.9 Å². The van der Waals surface area contributed by atoms with Gasteiger partial charge in [-0.3, -0.25) is 0 Å². The Morgan fingerprint density at radius 1 is 1.15 bits per heavy atom. The number of aryl methyl sites for hydroxylation is 2. The van der Waals surface area contributed by atoms with Gasteiger partial charge in [0, 0.05) is 7.05 Å². The van der Waals surface area contributed by atoms with Gasteiger partial charge in [0.25, 0.3) is 0 Å². The number of carboxylic acid groups (broad SMARTS) is 1. The molecule has 0 radical (unpaired) electrons. The molecule has 0 aliphatic heterocycles. The maximum absolute atomic E-state index is 11.0. The number of aromatic nitrogens is 2. The van der Waals surface area contributed by atoms with Gasteiger partial charge in [-0.2, -0.15) is 0 Å². The first-order chi connectivity index (χ1) is 9.56. The second-order valence-electron chi connectivity index (χ2n) is 4.81. The molecule has 0 fully saturated rings. The van der Waals surface area contributed by atoms with Crippen LogP contribution < -0.4 is 0 Å². The van der Waals surface area contributed by atoms with Crippen LogP contribution in [0.2, 0.25) is 0 Å². The molecule has 100 valence electrons. The van der Waals surface area contributed by atoms with Crippen LogP contribution in [0, 0.1) is 6.92 Å². The van der Waals surface area contributed by atoms with E-state index in [4.69, 9.17) is 5.11 Å². The molecule has 0 spiro atoms. The summed E-state index contributed by atoms with van der Waals surface area (Å²) in [5.41, 5.74) is 4.17. The van der Waals surface area contributed by atoms with E-state index in [2.05, 4.69) is 4.98 Å². The zero-order valence-electron chi connectivity index (χ0n) is 11.3. The number of hydrogen-bond donors (Lipinski definition) is 1. The van der Waals surface area contributed by atoms with Crippen molar-refractivity contribution in [3.8, 4) is 11.1 Å². The lowest BCUT2D eigenvalue weighted by Crippen LogP contribution is -1.95. The standard InChI is InChI=1S/C16H14N2O2/c1-10-17-14-7-6-12(9-15(14)18(10)2)11-4-3-5-13(8-11)16(19)20/h3-9H,1-2H3,(H,19,20). The maximum Gasteiger partial charge on any atom is 0.335 e. The van der Waals surface area contributed by atoms with Gasteiger partial charge in [0.1, 0.15) is 5.82 Å². The molecule has 1 heterocycles. The molecular weight excluding hydrogens is 252 g/mol. The molecule has 0 unspecified atom stereocenters. The third kappa shape index (κ3) is 1.95. The Bertz CT molecular complexity index is 818. The second-order valence-corrected chi connectivity index (χ2v) is 4.81. The lowest BCUT2D eigenvalue weighted by molar-refractivity contribution is 0.0697. The minimum Gasteiger partial charge on any atom is -0.478 e. The third-order valence-corrected chi connectivity index (χ3v) is 3.55. The van der Waals surface area contributed by atoms with Crippen LogP contribution in [0.1, 0.15) is 16.2 Å². The number of hydrogen-bond acceptors (Lipinski definition) is 2. The van der Waals surface area contributed by atoms with Gasteiger partial charge in [0.2, 0.25) is 0 Å². The highest BCUT2D eigenvalue weighted by Gasteiger charge is 2.08. The number of imidazole rings is 1. The predicted molar refractivity (Wildman–Crippen MR) is 77.8 cm³/mol. The molecule has 1 aromatic heterocycles. The lowest BCUT2D eigenvalue weighted by atomic mass is 10.0. The van der Waals surface area contributed by atoms with Crippen LogP contribution in [0.5, 0.6) is 0 Å². The monoisotopic (exact) mass is 266 g/mol. The van der Waals surface area contributed by atoms with Gasteiger partial charge in [-0.25, -0.2) is 9.78 Å². The van der Waals surface area contributed by atoms with E-state index in [0.29, 0.717) is 5.56 Å². The second kappa shape index (κ2) is 4.49. The van der Waals surface area contributed by atoms with Gasteiger partial charge in [0.15, 0.2) is 0 Å². The number of benzene rings is 2. The maximum atomic E-state index is 11.0. The smallest absolute Gasteiger partial charge is 0.335 e. The zero-order chi connectivity index (χ0) is 14.3. The zero-order valence-corrected chi connectivity index (χ0v) is 11.3. The summed E-state index contributed by atoms with van der Waals surface area (Å²) in [5.74, 6) is 0.0424. The molecule has 3 rings (SSSR count). The van der Waals surface area contributed by atoms with Crippen LogP contribution in [0.3, 0.4) is 0 Å². The summed E-state index contributed by atoms with van der Waals surface area (Å²) in [6.45, 7) is 1.96. The van der Waals surface area contributed by atoms with Gasteiger partial charge in [-0.1, -0.05) is 18.2 Å². The predicted octanol–water partition coefficient (Wildman–Crippen LogP) is 3.25. The summed E-state index contributed by atoms with van der Waals surface area (Å²) in [5, 5.41) is 9.06. The number of fused-ring (bicyclic) bond motifs is 1. The molecule has 1 N–H and O–H groups in total. The summed E-state index contributed by atoms with van der Waals surface area (Å²) in [6, 6.07) is 12.9. The van der Waals surface area contributed by atoms with Crippen molar-refractivity contribution in [1.29, 1.82) is 0 Å². The van der Waals surface area contributed by atoms with E-state index < -0.39 is 5.97 Å². The fraction of sp³-hybridized carbons (Fsp3) is 0.125. The van der Waals surface area contributed by atoms with Gasteiger partial charge in [-0.15, -0.1) is 0 Å². The van der Waals surface area contributed by atoms with Crippen molar-refractivity contribution in [2.24, 2.45) is 7.05 Å². The lowest BCUT2D eigenvalue weighted by Gasteiger charge is -2.04. The largest absolute Gasteiger partial charge is 0.478 e. The minimum atomic E-state index is -0.913. The molecule has 0 aliphatic rings. The Labute approximate surface area is 116 Å². The van der Waals surface area contributed by atoms with Crippen LogP contribution in [-0.4, -0.2) is 20.6 Å². The van der Waals surface area contributed by atoms with Gasteiger partial charge in [0.05, 0.1) is 16.6 Å². The third-order valence-electron chi connectivity index (χ3n) is 3.55. The number of nitrogens with zero attached hydrogens (tertiary/aromatic N) is 2. The Morgan fingerprint density at radius 3 is 2.65 bits per heavy atom.